The SMILES string of the molecule is C[Si](C)(C)CP(P(C1CCCCC1)C1CCCCC1)P(C1CCCCC1)C1CCCCC1. The van der Waals surface area contributed by atoms with Crippen LogP contribution in [0.25, 0.3) is 0 Å². The highest BCUT2D eigenvalue weighted by Crippen LogP contribution is 2.94. The topological polar surface area (TPSA) is 0 Å². The first-order valence-electron chi connectivity index (χ1n) is 14.9. The molecular weight excluding hydrogens is 457 g/mol. The average Bonchev–Trinajstić information content (AvgIpc) is 2.81. The van der Waals surface area contributed by atoms with E-state index in [0.29, 0.717) is 22.5 Å². The summed E-state index contributed by atoms with van der Waals surface area (Å²) in [5, 5.41) is 0. The lowest BCUT2D eigenvalue weighted by Crippen LogP contribution is -2.30. The van der Waals surface area contributed by atoms with Crippen LogP contribution in [0.1, 0.15) is 128 Å². The summed E-state index contributed by atoms with van der Waals surface area (Å²) in [6, 6.07) is 0. The van der Waals surface area contributed by atoms with E-state index in [0.717, 1.165) is 0 Å². The second-order valence-electron chi connectivity index (χ2n) is 13.0. The maximum absolute atomic E-state index is 2.76. The summed E-state index contributed by atoms with van der Waals surface area (Å²) in [4.78, 5) is 0. The molecule has 0 amide bonds. The predicted molar refractivity (Wildman–Crippen MR) is 156 cm³/mol. The molecule has 0 aromatic rings. The zero-order valence-corrected chi connectivity index (χ0v) is 25.7. The van der Waals surface area contributed by atoms with Crippen LogP contribution in [0.15, 0.2) is 0 Å². The highest BCUT2D eigenvalue weighted by atomic mass is 32.5. The quantitative estimate of drug-likeness (QED) is 0.224. The minimum atomic E-state index is -1.04. The van der Waals surface area contributed by atoms with Gasteiger partial charge in [-0.1, -0.05) is 119 Å². The Labute approximate surface area is 206 Å². The maximum atomic E-state index is 2.76. The molecule has 0 bridgehead atoms. The lowest BCUT2D eigenvalue weighted by atomic mass is 10.00. The number of hydrogen-bond acceptors (Lipinski definition) is 0. The molecule has 4 heteroatoms. The summed E-state index contributed by atoms with van der Waals surface area (Å²) in [5.74, 6) is 1.78. The second-order valence-corrected chi connectivity index (χ2v) is 31.2. The standard InChI is InChI=1S/C28H55P3Si/c1-32(2,3)24-29(30(25-16-8-4-9-17-25)26-18-10-5-11-19-26)31(27-20-12-6-13-21-27)28-22-14-7-15-23-28/h25-28H,4-24H2,1-3H3. The lowest BCUT2D eigenvalue weighted by Gasteiger charge is -2.52. The molecule has 4 fully saturated rings. The van der Waals surface area contributed by atoms with E-state index in [4.69, 9.17) is 0 Å². The molecule has 0 heterocycles. The van der Waals surface area contributed by atoms with E-state index in [1.54, 1.807) is 134 Å². The van der Waals surface area contributed by atoms with Crippen LogP contribution in [0.5, 0.6) is 0 Å². The Morgan fingerprint density at radius 2 is 0.688 bits per heavy atom. The molecule has 0 aliphatic heterocycles. The van der Waals surface area contributed by atoms with Crippen LogP contribution >= 0.6 is 22.5 Å². The van der Waals surface area contributed by atoms with Gasteiger partial charge >= 0.3 is 0 Å². The van der Waals surface area contributed by atoms with Crippen LogP contribution in [0.4, 0.5) is 0 Å². The van der Waals surface area contributed by atoms with Crippen molar-refractivity contribution in [1.29, 1.82) is 0 Å². The number of hydrogen-bond donors (Lipinski definition) is 0. The molecule has 0 aromatic heterocycles. The minimum absolute atomic E-state index is 0.315. The molecule has 0 N–H and O–H groups in total. The van der Waals surface area contributed by atoms with E-state index in [9.17, 15) is 0 Å². The lowest BCUT2D eigenvalue weighted by molar-refractivity contribution is 0.487. The molecular formula is C28H55P3Si. The zero-order valence-electron chi connectivity index (χ0n) is 22.0. The van der Waals surface area contributed by atoms with Gasteiger partial charge in [0.15, 0.2) is 0 Å². The van der Waals surface area contributed by atoms with Gasteiger partial charge in [-0.3, -0.25) is 0 Å². The largest absolute Gasteiger partial charge is 0.0704 e. The normalized spacial score (nSPS) is 26.4. The molecule has 186 valence electrons. The van der Waals surface area contributed by atoms with Crippen LogP contribution in [0, 0.1) is 0 Å². The third-order valence-electron chi connectivity index (χ3n) is 8.94. The molecule has 0 saturated heterocycles. The molecule has 4 rings (SSSR count). The van der Waals surface area contributed by atoms with Crippen molar-refractivity contribution in [3.05, 3.63) is 0 Å². The molecule has 0 aromatic carbocycles. The Morgan fingerprint density at radius 1 is 0.438 bits per heavy atom. The van der Waals surface area contributed by atoms with Gasteiger partial charge in [-0.25, -0.2) is 0 Å². The van der Waals surface area contributed by atoms with Crippen molar-refractivity contribution in [3.8, 4) is 0 Å². The molecule has 0 radical (unpaired) electrons. The Kier molecular flexibility index (Phi) is 10.9. The van der Waals surface area contributed by atoms with E-state index in [-0.39, 0.29) is 0 Å². The van der Waals surface area contributed by atoms with E-state index in [1.807, 2.05) is 0 Å². The van der Waals surface area contributed by atoms with Crippen LogP contribution in [0.3, 0.4) is 0 Å². The fourth-order valence-corrected chi connectivity index (χ4v) is 44.6. The smallest absolute Gasteiger partial charge is 0.0493 e. The molecule has 0 atom stereocenters. The summed E-state index contributed by atoms with van der Waals surface area (Å²) >= 11 is 0. The Hall–Kier alpha value is 1.51. The number of rotatable bonds is 8. The molecule has 4 aliphatic rings. The van der Waals surface area contributed by atoms with Crippen LogP contribution in [0.2, 0.25) is 19.6 Å². The molecule has 0 nitrogen and oxygen atoms in total. The van der Waals surface area contributed by atoms with Crippen LogP contribution < -0.4 is 0 Å². The van der Waals surface area contributed by atoms with Crippen LogP contribution in [-0.4, -0.2) is 36.5 Å². The second kappa shape index (κ2) is 13.2. The van der Waals surface area contributed by atoms with Crippen LogP contribution in [-0.2, 0) is 0 Å². The summed E-state index contributed by atoms with van der Waals surface area (Å²) in [5.41, 5.74) is 4.78. The van der Waals surface area contributed by atoms with E-state index < -0.39 is 8.07 Å². The van der Waals surface area contributed by atoms with Crippen molar-refractivity contribution in [2.24, 2.45) is 0 Å². The summed E-state index contributed by atoms with van der Waals surface area (Å²) in [7, 11) is -0.0853. The van der Waals surface area contributed by atoms with Gasteiger partial charge in [0, 0.05) is 8.07 Å². The monoisotopic (exact) mass is 512 g/mol. The van der Waals surface area contributed by atoms with Gasteiger partial charge in [-0.05, 0) is 79.8 Å². The van der Waals surface area contributed by atoms with Crippen molar-refractivity contribution < 1.29 is 0 Å². The first kappa shape index (κ1) is 26.6. The molecule has 0 spiro atoms. The zero-order chi connectivity index (χ0) is 22.4. The Bertz CT molecular complexity index is 447. The van der Waals surface area contributed by atoms with Gasteiger partial charge in [-0.15, -0.1) is 0 Å². The molecule has 4 saturated carbocycles. The van der Waals surface area contributed by atoms with Crippen molar-refractivity contribution >= 4 is 30.6 Å². The van der Waals surface area contributed by atoms with Crippen molar-refractivity contribution in [2.75, 3.05) is 5.79 Å². The maximum Gasteiger partial charge on any atom is 0.0493 e. The highest BCUT2D eigenvalue weighted by Gasteiger charge is 2.45. The third kappa shape index (κ3) is 7.50. The summed E-state index contributed by atoms with van der Waals surface area (Å²) < 4.78 is 0. The third-order valence-corrected chi connectivity index (χ3v) is 33.4. The summed E-state index contributed by atoms with van der Waals surface area (Å²) in [6.07, 6.45) is 32.0. The minimum Gasteiger partial charge on any atom is -0.0704 e. The Balaban J connectivity index is 1.69. The molecule has 0 unspecified atom stereocenters. The van der Waals surface area contributed by atoms with Gasteiger partial charge in [0.1, 0.15) is 0 Å². The Morgan fingerprint density at radius 3 is 0.906 bits per heavy atom. The van der Waals surface area contributed by atoms with Gasteiger partial charge in [0.05, 0.1) is 0 Å². The fourth-order valence-electron chi connectivity index (χ4n) is 7.44. The van der Waals surface area contributed by atoms with Gasteiger partial charge in [0.25, 0.3) is 0 Å². The first-order chi connectivity index (χ1) is 15.5. The van der Waals surface area contributed by atoms with Gasteiger partial charge < -0.3 is 0 Å². The summed E-state index contributed by atoms with van der Waals surface area (Å²) in [6.45, 7) is 8.27. The molecule has 4 aliphatic carbocycles. The highest BCUT2D eigenvalue weighted by molar-refractivity contribution is 8.61. The van der Waals surface area contributed by atoms with Gasteiger partial charge in [-0.2, -0.15) is 0 Å². The van der Waals surface area contributed by atoms with Crippen molar-refractivity contribution in [2.45, 2.75) is 171 Å². The predicted octanol–water partition coefficient (Wildman–Crippen LogP) is 11.5. The van der Waals surface area contributed by atoms with E-state index >= 15 is 0 Å². The first-order valence-corrected chi connectivity index (χ1v) is 24.5. The van der Waals surface area contributed by atoms with Crippen molar-refractivity contribution in [3.63, 3.8) is 0 Å². The fraction of sp³-hybridized carbons (Fsp3) is 1.00. The van der Waals surface area contributed by atoms with E-state index in [1.165, 1.54) is 22.6 Å². The molecule has 32 heavy (non-hydrogen) atoms. The average molecular weight is 513 g/mol. The van der Waals surface area contributed by atoms with E-state index in [2.05, 4.69) is 19.6 Å². The van der Waals surface area contributed by atoms with Gasteiger partial charge in [0.2, 0.25) is 0 Å². The van der Waals surface area contributed by atoms with Crippen molar-refractivity contribution in [1.82, 2.24) is 0 Å².